The average molecular weight is 547 g/mol. The van der Waals surface area contributed by atoms with Gasteiger partial charge in [0.25, 0.3) is 0 Å². The number of hydrogen-bond acceptors (Lipinski definition) is 12. The SMILES string of the molecule is CC/C(C)=C1\OC(=O)[C@H](C)[C@H](O)[C@H](Cc2cccnc2)N[C@@H](O)[C@@H](N[C@H](O)c2ncccc2O)[C@@H](C)O[C@H]1O. The van der Waals surface area contributed by atoms with E-state index in [4.69, 9.17) is 9.47 Å². The van der Waals surface area contributed by atoms with Gasteiger partial charge in [0.15, 0.2) is 12.0 Å². The minimum Gasteiger partial charge on any atom is -0.506 e. The van der Waals surface area contributed by atoms with Gasteiger partial charge in [-0.25, -0.2) is 0 Å². The molecule has 1 aliphatic heterocycles. The number of aliphatic hydroxyl groups excluding tert-OH is 4. The van der Waals surface area contributed by atoms with Crippen molar-refractivity contribution in [1.29, 1.82) is 0 Å². The number of allylic oxidation sites excluding steroid dienone is 1. The fraction of sp³-hybridized carbons (Fsp3) is 0.519. The minimum absolute atomic E-state index is 0.0829. The smallest absolute Gasteiger partial charge is 0.316 e. The van der Waals surface area contributed by atoms with Crippen molar-refractivity contribution in [3.8, 4) is 5.75 Å². The van der Waals surface area contributed by atoms with Crippen LogP contribution >= 0.6 is 0 Å². The molecule has 0 radical (unpaired) electrons. The third-order valence-corrected chi connectivity index (χ3v) is 6.86. The van der Waals surface area contributed by atoms with Gasteiger partial charge in [0.2, 0.25) is 6.29 Å². The van der Waals surface area contributed by atoms with Crippen LogP contribution in [0.5, 0.6) is 5.75 Å². The van der Waals surface area contributed by atoms with Gasteiger partial charge in [-0.2, -0.15) is 0 Å². The summed E-state index contributed by atoms with van der Waals surface area (Å²) in [6, 6.07) is 4.39. The molecule has 0 amide bonds. The summed E-state index contributed by atoms with van der Waals surface area (Å²) in [5.41, 5.74) is 1.20. The molecule has 39 heavy (non-hydrogen) atoms. The number of hydrogen-bond donors (Lipinski definition) is 7. The molecule has 0 aromatic carbocycles. The van der Waals surface area contributed by atoms with Gasteiger partial charge in [0, 0.05) is 24.6 Å². The lowest BCUT2D eigenvalue weighted by atomic mass is 9.92. The molecule has 0 saturated carbocycles. The molecule has 3 rings (SSSR count). The van der Waals surface area contributed by atoms with Gasteiger partial charge in [-0.15, -0.1) is 0 Å². The molecule has 8 atom stereocenters. The van der Waals surface area contributed by atoms with Crippen LogP contribution in [0.25, 0.3) is 0 Å². The van der Waals surface area contributed by atoms with E-state index in [9.17, 15) is 30.3 Å². The largest absolute Gasteiger partial charge is 0.506 e. The van der Waals surface area contributed by atoms with Gasteiger partial charge in [-0.05, 0) is 62.9 Å². The van der Waals surface area contributed by atoms with Crippen molar-refractivity contribution in [1.82, 2.24) is 20.6 Å². The van der Waals surface area contributed by atoms with E-state index in [1.807, 2.05) is 6.92 Å². The number of carbonyl (C=O) groups excluding carboxylic acids is 1. The first-order valence-corrected chi connectivity index (χ1v) is 12.9. The van der Waals surface area contributed by atoms with E-state index in [1.54, 1.807) is 38.4 Å². The van der Waals surface area contributed by atoms with Gasteiger partial charge in [-0.1, -0.05) is 13.0 Å². The number of cyclic esters (lactones) is 1. The number of aliphatic hydroxyl groups is 4. The number of ether oxygens (including phenoxy) is 2. The zero-order chi connectivity index (χ0) is 28.7. The van der Waals surface area contributed by atoms with Gasteiger partial charge < -0.3 is 35.0 Å². The van der Waals surface area contributed by atoms with E-state index in [0.717, 1.165) is 5.56 Å². The number of aromatic hydroxyl groups is 1. The molecule has 0 unspecified atom stereocenters. The number of nitrogens with zero attached hydrogens (tertiary/aromatic N) is 2. The maximum atomic E-state index is 13.0. The second-order valence-corrected chi connectivity index (χ2v) is 9.68. The second kappa shape index (κ2) is 13.9. The first-order chi connectivity index (χ1) is 18.5. The zero-order valence-electron chi connectivity index (χ0n) is 22.4. The highest BCUT2D eigenvalue weighted by molar-refractivity contribution is 5.74. The van der Waals surface area contributed by atoms with E-state index >= 15 is 0 Å². The quantitative estimate of drug-likeness (QED) is 0.198. The molecule has 1 fully saturated rings. The van der Waals surface area contributed by atoms with Gasteiger partial charge in [0.1, 0.15) is 17.7 Å². The van der Waals surface area contributed by atoms with E-state index in [0.29, 0.717) is 12.0 Å². The summed E-state index contributed by atoms with van der Waals surface area (Å²) in [6.45, 7) is 6.52. The molecule has 0 aliphatic carbocycles. The lowest BCUT2D eigenvalue weighted by molar-refractivity contribution is -0.174. The fourth-order valence-corrected chi connectivity index (χ4v) is 4.30. The number of pyridine rings is 2. The van der Waals surface area contributed by atoms with Crippen LogP contribution < -0.4 is 10.6 Å². The minimum atomic E-state index is -1.68. The van der Waals surface area contributed by atoms with Crippen molar-refractivity contribution in [2.75, 3.05) is 0 Å². The third-order valence-electron chi connectivity index (χ3n) is 6.86. The highest BCUT2D eigenvalue weighted by Crippen LogP contribution is 2.25. The Morgan fingerprint density at radius 1 is 1.18 bits per heavy atom. The molecule has 0 spiro atoms. The van der Waals surface area contributed by atoms with Crippen LogP contribution in [0.2, 0.25) is 0 Å². The second-order valence-electron chi connectivity index (χ2n) is 9.68. The molecular weight excluding hydrogens is 508 g/mol. The Morgan fingerprint density at radius 2 is 1.90 bits per heavy atom. The Morgan fingerprint density at radius 3 is 2.54 bits per heavy atom. The molecular formula is C27H38N4O8. The van der Waals surface area contributed by atoms with Crippen LogP contribution in [0.1, 0.15) is 51.6 Å². The number of nitrogens with one attached hydrogen (secondary N) is 2. The Hall–Kier alpha value is -2.97. The molecule has 2 aromatic heterocycles. The average Bonchev–Trinajstić information content (AvgIpc) is 2.92. The molecule has 1 aliphatic rings. The van der Waals surface area contributed by atoms with Crippen molar-refractivity contribution >= 4 is 5.97 Å². The monoisotopic (exact) mass is 546 g/mol. The molecule has 214 valence electrons. The van der Waals surface area contributed by atoms with Gasteiger partial charge in [-0.3, -0.25) is 25.4 Å². The highest BCUT2D eigenvalue weighted by atomic mass is 16.6. The van der Waals surface area contributed by atoms with Gasteiger partial charge >= 0.3 is 5.97 Å². The zero-order valence-corrected chi connectivity index (χ0v) is 22.4. The maximum absolute atomic E-state index is 13.0. The summed E-state index contributed by atoms with van der Waals surface area (Å²) < 4.78 is 11.3. The predicted molar refractivity (Wildman–Crippen MR) is 139 cm³/mol. The predicted octanol–water partition coefficient (Wildman–Crippen LogP) is 0.612. The maximum Gasteiger partial charge on any atom is 0.316 e. The summed E-state index contributed by atoms with van der Waals surface area (Å²) >= 11 is 0. The van der Waals surface area contributed by atoms with Crippen molar-refractivity contribution < 1.29 is 39.8 Å². The summed E-state index contributed by atoms with van der Waals surface area (Å²) in [7, 11) is 0. The molecule has 7 N–H and O–H groups in total. The summed E-state index contributed by atoms with van der Waals surface area (Å²) in [4.78, 5) is 21.1. The summed E-state index contributed by atoms with van der Waals surface area (Å²) in [5.74, 6) is -2.21. The van der Waals surface area contributed by atoms with Gasteiger partial charge in [0.05, 0.1) is 24.2 Å². The van der Waals surface area contributed by atoms with Crippen molar-refractivity contribution in [2.45, 2.75) is 83.6 Å². The number of aromatic nitrogens is 2. The summed E-state index contributed by atoms with van der Waals surface area (Å²) in [5, 5.41) is 60.2. The lowest BCUT2D eigenvalue weighted by Gasteiger charge is -2.37. The van der Waals surface area contributed by atoms with Crippen LogP contribution in [0, 0.1) is 5.92 Å². The number of carbonyl (C=O) groups is 1. The van der Waals surface area contributed by atoms with Crippen LogP contribution in [0.3, 0.4) is 0 Å². The lowest BCUT2D eigenvalue weighted by Crippen LogP contribution is -2.61. The van der Waals surface area contributed by atoms with E-state index < -0.39 is 54.9 Å². The van der Waals surface area contributed by atoms with Crippen molar-refractivity contribution in [2.24, 2.45) is 5.92 Å². The third kappa shape index (κ3) is 7.79. The van der Waals surface area contributed by atoms with Crippen molar-refractivity contribution in [3.05, 3.63) is 65.4 Å². The van der Waals surface area contributed by atoms with Crippen LogP contribution in [-0.2, 0) is 20.7 Å². The van der Waals surface area contributed by atoms with Crippen molar-refractivity contribution in [3.63, 3.8) is 0 Å². The fourth-order valence-electron chi connectivity index (χ4n) is 4.30. The Balaban J connectivity index is 2.01. The Bertz CT molecular complexity index is 1120. The topological polar surface area (TPSA) is 187 Å². The van der Waals surface area contributed by atoms with E-state index in [2.05, 4.69) is 20.6 Å². The van der Waals surface area contributed by atoms with Crippen LogP contribution in [0.15, 0.2) is 54.2 Å². The number of esters is 1. The number of rotatable bonds is 6. The Kier molecular flexibility index (Phi) is 10.9. The Labute approximate surface area is 227 Å². The molecule has 12 heteroatoms. The van der Waals surface area contributed by atoms with Crippen LogP contribution in [0.4, 0.5) is 0 Å². The first kappa shape index (κ1) is 30.6. The molecule has 2 aromatic rings. The standard InChI is InChI=1S/C27H38N4O8/c1-5-14(2)23-27(37)38-16(4)20(31-25(35)21-19(32)9-7-11-29-21)24(34)30-18(12-17-8-6-10-28-13-17)22(33)15(3)26(36)39-23/h6-11,13,15-16,18,20,22,24-25,27,30-35,37H,5,12H2,1-4H3/b23-14-/t15-,16-,18+,20+,22+,24+,25-,27-/m1/s1. The molecule has 1 saturated heterocycles. The molecule has 12 nitrogen and oxygen atoms in total. The van der Waals surface area contributed by atoms with E-state index in [-0.39, 0.29) is 23.6 Å². The molecule has 0 bridgehead atoms. The molecule has 3 heterocycles. The normalized spacial score (nSPS) is 31.0. The van der Waals surface area contributed by atoms with E-state index in [1.165, 1.54) is 25.3 Å². The highest BCUT2D eigenvalue weighted by Gasteiger charge is 2.39. The summed E-state index contributed by atoms with van der Waals surface area (Å²) in [6.07, 6.45) is -1.79. The van der Waals surface area contributed by atoms with Crippen LogP contribution in [-0.4, -0.2) is 78.3 Å². The first-order valence-electron chi connectivity index (χ1n) is 12.9.